The fourth-order valence-electron chi connectivity index (χ4n) is 3.56. The molecule has 2 nitrogen and oxygen atoms in total. The fourth-order valence-corrected chi connectivity index (χ4v) is 3.56. The van der Waals surface area contributed by atoms with Crippen molar-refractivity contribution in [2.24, 2.45) is 5.41 Å². The SMILES string of the molecule is CC(C)(C)CC(C)(C)NCC(=O)c1ccc2c(c1)CCC2. The Morgan fingerprint density at radius 1 is 1.10 bits per heavy atom. The fraction of sp³-hybridized carbons (Fsp3) is 0.632. The Bertz CT molecular complexity index is 523. The number of benzene rings is 1. The van der Waals surface area contributed by atoms with Crippen LogP contribution >= 0.6 is 0 Å². The first-order valence-electron chi connectivity index (χ1n) is 8.06. The third kappa shape index (κ3) is 4.67. The third-order valence-electron chi connectivity index (χ3n) is 4.12. The first-order valence-corrected chi connectivity index (χ1v) is 8.06. The summed E-state index contributed by atoms with van der Waals surface area (Å²) in [6, 6.07) is 6.23. The number of carbonyl (C=O) groups excluding carboxylic acids is 1. The molecule has 1 aliphatic rings. The summed E-state index contributed by atoms with van der Waals surface area (Å²) in [6.45, 7) is 11.5. The van der Waals surface area contributed by atoms with Crippen LogP contribution in [-0.4, -0.2) is 17.9 Å². The molecule has 1 aromatic carbocycles. The minimum absolute atomic E-state index is 0.0232. The molecule has 116 valence electrons. The van der Waals surface area contributed by atoms with Crippen LogP contribution in [0.2, 0.25) is 0 Å². The Morgan fingerprint density at radius 3 is 2.43 bits per heavy atom. The largest absolute Gasteiger partial charge is 0.305 e. The first-order chi connectivity index (χ1) is 9.66. The molecule has 0 saturated heterocycles. The molecule has 1 N–H and O–H groups in total. The summed E-state index contributed by atoms with van der Waals surface area (Å²) in [6.07, 6.45) is 4.56. The van der Waals surface area contributed by atoms with Gasteiger partial charge in [0.05, 0.1) is 6.54 Å². The van der Waals surface area contributed by atoms with Gasteiger partial charge in [-0.1, -0.05) is 32.9 Å². The van der Waals surface area contributed by atoms with Crippen molar-refractivity contribution in [2.75, 3.05) is 6.54 Å². The molecule has 0 atom stereocenters. The lowest BCUT2D eigenvalue weighted by atomic mass is 9.82. The van der Waals surface area contributed by atoms with Crippen molar-refractivity contribution >= 4 is 5.78 Å². The lowest BCUT2D eigenvalue weighted by Gasteiger charge is -2.33. The number of fused-ring (bicyclic) bond motifs is 1. The maximum atomic E-state index is 12.4. The lowest BCUT2D eigenvalue weighted by Crippen LogP contribution is -2.44. The molecule has 0 spiro atoms. The molecule has 0 bridgehead atoms. The van der Waals surface area contributed by atoms with Crippen LogP contribution in [0.15, 0.2) is 18.2 Å². The van der Waals surface area contributed by atoms with Gasteiger partial charge in [-0.3, -0.25) is 4.79 Å². The van der Waals surface area contributed by atoms with E-state index in [1.54, 1.807) is 0 Å². The minimum Gasteiger partial charge on any atom is -0.305 e. The van der Waals surface area contributed by atoms with Gasteiger partial charge in [0.25, 0.3) is 0 Å². The van der Waals surface area contributed by atoms with Crippen LogP contribution in [0.4, 0.5) is 0 Å². The van der Waals surface area contributed by atoms with E-state index in [4.69, 9.17) is 0 Å². The number of hydrogen-bond donors (Lipinski definition) is 1. The quantitative estimate of drug-likeness (QED) is 0.824. The monoisotopic (exact) mass is 287 g/mol. The summed E-state index contributed by atoms with van der Waals surface area (Å²) >= 11 is 0. The molecule has 0 aromatic heterocycles. The van der Waals surface area contributed by atoms with Crippen molar-refractivity contribution in [2.45, 2.75) is 65.8 Å². The van der Waals surface area contributed by atoms with E-state index in [2.05, 4.69) is 52.1 Å². The first kappa shape index (κ1) is 16.2. The zero-order valence-corrected chi connectivity index (χ0v) is 14.2. The topological polar surface area (TPSA) is 29.1 Å². The molecule has 0 fully saturated rings. The maximum Gasteiger partial charge on any atom is 0.176 e. The van der Waals surface area contributed by atoms with Crippen molar-refractivity contribution in [1.82, 2.24) is 5.32 Å². The van der Waals surface area contributed by atoms with E-state index in [0.717, 1.165) is 18.4 Å². The highest BCUT2D eigenvalue weighted by atomic mass is 16.1. The smallest absolute Gasteiger partial charge is 0.176 e. The summed E-state index contributed by atoms with van der Waals surface area (Å²) in [4.78, 5) is 12.4. The Kier molecular flexibility index (Phi) is 4.57. The van der Waals surface area contributed by atoms with Crippen LogP contribution in [0, 0.1) is 5.41 Å². The van der Waals surface area contributed by atoms with Gasteiger partial charge < -0.3 is 5.32 Å². The van der Waals surface area contributed by atoms with Crippen LogP contribution in [-0.2, 0) is 12.8 Å². The third-order valence-corrected chi connectivity index (χ3v) is 4.12. The number of carbonyl (C=O) groups is 1. The molecule has 2 rings (SSSR count). The van der Waals surface area contributed by atoms with Crippen molar-refractivity contribution in [1.29, 1.82) is 0 Å². The van der Waals surface area contributed by atoms with Gasteiger partial charge in [-0.05, 0) is 62.1 Å². The summed E-state index contributed by atoms with van der Waals surface area (Å²) in [5.74, 6) is 0.201. The van der Waals surface area contributed by atoms with Gasteiger partial charge in [0.15, 0.2) is 5.78 Å². The average molecular weight is 287 g/mol. The molecule has 0 saturated carbocycles. The standard InChI is InChI=1S/C19H29NO/c1-18(2,3)13-19(4,5)20-12-17(21)16-10-9-14-7-6-8-15(14)11-16/h9-11,20H,6-8,12-13H2,1-5H3. The van der Waals surface area contributed by atoms with Crippen molar-refractivity contribution in [3.8, 4) is 0 Å². The number of hydrogen-bond acceptors (Lipinski definition) is 2. The molecule has 0 radical (unpaired) electrons. The molecular formula is C19H29NO. The summed E-state index contributed by atoms with van der Waals surface area (Å²) < 4.78 is 0. The van der Waals surface area contributed by atoms with Gasteiger partial charge in [0.2, 0.25) is 0 Å². The van der Waals surface area contributed by atoms with Crippen molar-refractivity contribution < 1.29 is 4.79 Å². The number of aryl methyl sites for hydroxylation is 2. The minimum atomic E-state index is -0.0232. The highest BCUT2D eigenvalue weighted by Crippen LogP contribution is 2.27. The van der Waals surface area contributed by atoms with Crippen LogP contribution < -0.4 is 5.32 Å². The van der Waals surface area contributed by atoms with E-state index in [1.807, 2.05) is 6.07 Å². The summed E-state index contributed by atoms with van der Waals surface area (Å²) in [7, 11) is 0. The number of rotatable bonds is 5. The Balaban J connectivity index is 1.96. The molecule has 1 aromatic rings. The molecule has 0 heterocycles. The Morgan fingerprint density at radius 2 is 1.76 bits per heavy atom. The van der Waals surface area contributed by atoms with Gasteiger partial charge in [-0.2, -0.15) is 0 Å². The lowest BCUT2D eigenvalue weighted by molar-refractivity contribution is 0.0973. The molecule has 1 aliphatic carbocycles. The van der Waals surface area contributed by atoms with E-state index in [1.165, 1.54) is 24.0 Å². The van der Waals surface area contributed by atoms with Crippen LogP contribution in [0.3, 0.4) is 0 Å². The van der Waals surface area contributed by atoms with Gasteiger partial charge in [-0.25, -0.2) is 0 Å². The molecule has 21 heavy (non-hydrogen) atoms. The van der Waals surface area contributed by atoms with Gasteiger partial charge in [0, 0.05) is 11.1 Å². The predicted octanol–water partition coefficient (Wildman–Crippen LogP) is 4.16. The number of ketones is 1. The number of Topliss-reactive ketones (excluding diaryl/α,β-unsaturated/α-hetero) is 1. The van der Waals surface area contributed by atoms with E-state index in [-0.39, 0.29) is 16.7 Å². The molecule has 0 amide bonds. The normalized spacial score (nSPS) is 15.1. The molecule has 2 heteroatoms. The maximum absolute atomic E-state index is 12.4. The summed E-state index contributed by atoms with van der Waals surface area (Å²) in [5.41, 5.74) is 3.88. The molecule has 0 aliphatic heterocycles. The highest BCUT2D eigenvalue weighted by Gasteiger charge is 2.25. The van der Waals surface area contributed by atoms with Crippen LogP contribution in [0.5, 0.6) is 0 Å². The van der Waals surface area contributed by atoms with Gasteiger partial charge >= 0.3 is 0 Å². The van der Waals surface area contributed by atoms with Crippen LogP contribution in [0.1, 0.15) is 68.9 Å². The van der Waals surface area contributed by atoms with E-state index >= 15 is 0 Å². The second kappa shape index (κ2) is 5.92. The zero-order valence-electron chi connectivity index (χ0n) is 14.2. The average Bonchev–Trinajstić information content (AvgIpc) is 2.80. The summed E-state index contributed by atoms with van der Waals surface area (Å²) in [5, 5.41) is 3.43. The van der Waals surface area contributed by atoms with Crippen molar-refractivity contribution in [3.63, 3.8) is 0 Å². The van der Waals surface area contributed by atoms with E-state index < -0.39 is 0 Å². The predicted molar refractivity (Wildman–Crippen MR) is 89.0 cm³/mol. The Hall–Kier alpha value is -1.15. The second-order valence-corrected chi connectivity index (χ2v) is 8.24. The Labute approximate surface area is 129 Å². The highest BCUT2D eigenvalue weighted by molar-refractivity contribution is 5.97. The molecule has 0 unspecified atom stereocenters. The van der Waals surface area contributed by atoms with Crippen molar-refractivity contribution in [3.05, 3.63) is 34.9 Å². The van der Waals surface area contributed by atoms with E-state index in [9.17, 15) is 4.79 Å². The van der Waals surface area contributed by atoms with Gasteiger partial charge in [0.1, 0.15) is 0 Å². The van der Waals surface area contributed by atoms with E-state index in [0.29, 0.717) is 6.54 Å². The zero-order chi connectivity index (χ0) is 15.7. The molecular weight excluding hydrogens is 258 g/mol. The number of nitrogens with one attached hydrogen (secondary N) is 1. The van der Waals surface area contributed by atoms with Crippen LogP contribution in [0.25, 0.3) is 0 Å². The van der Waals surface area contributed by atoms with Gasteiger partial charge in [-0.15, -0.1) is 0 Å². The second-order valence-electron chi connectivity index (χ2n) is 8.24.